The molecule has 1 saturated heterocycles. The highest BCUT2D eigenvalue weighted by Gasteiger charge is 2.27. The van der Waals surface area contributed by atoms with Crippen molar-refractivity contribution in [3.05, 3.63) is 0 Å². The summed E-state index contributed by atoms with van der Waals surface area (Å²) in [6, 6.07) is 0. The molecule has 100 valence electrons. The van der Waals surface area contributed by atoms with Crippen LogP contribution in [0.15, 0.2) is 0 Å². The van der Waals surface area contributed by atoms with E-state index < -0.39 is 26.1 Å². The van der Waals surface area contributed by atoms with Gasteiger partial charge in [0.1, 0.15) is 5.75 Å². The first-order valence-corrected chi connectivity index (χ1v) is 10.0. The first-order chi connectivity index (χ1) is 7.87. The lowest BCUT2D eigenvalue weighted by molar-refractivity contribution is -0.119. The van der Waals surface area contributed by atoms with Gasteiger partial charge >= 0.3 is 0 Å². The van der Waals surface area contributed by atoms with Crippen molar-refractivity contribution < 1.29 is 17.8 Å². The third-order valence-electron chi connectivity index (χ3n) is 2.33. The predicted octanol–water partition coefficient (Wildman–Crippen LogP) is 0.792. The largest absolute Gasteiger partial charge is 0.605 e. The predicted molar refractivity (Wildman–Crippen MR) is 70.5 cm³/mol. The maximum atomic E-state index is 11.2. The molecule has 1 amide bonds. The van der Waals surface area contributed by atoms with Crippen molar-refractivity contribution in [2.45, 2.75) is 37.4 Å². The number of rotatable bonds is 6. The van der Waals surface area contributed by atoms with Crippen LogP contribution in [0, 0.1) is 0 Å². The summed E-state index contributed by atoms with van der Waals surface area (Å²) in [4.78, 5) is 11.2. The Kier molecular flexibility index (Phi) is 6.11. The van der Waals surface area contributed by atoms with E-state index in [0.717, 1.165) is 31.3 Å². The van der Waals surface area contributed by atoms with Crippen LogP contribution in [0.5, 0.6) is 0 Å². The van der Waals surface area contributed by atoms with Gasteiger partial charge in [-0.05, 0) is 12.8 Å². The lowest BCUT2D eigenvalue weighted by atomic mass is 10.1. The van der Waals surface area contributed by atoms with Gasteiger partial charge in [0.2, 0.25) is 15.9 Å². The fraction of sp³-hybridized carbons (Fsp3) is 0.889. The van der Waals surface area contributed by atoms with Crippen molar-refractivity contribution in [3.63, 3.8) is 0 Å². The molecule has 1 N–H and O–H groups in total. The summed E-state index contributed by atoms with van der Waals surface area (Å²) in [7, 11) is -2.64. The average molecular weight is 299 g/mol. The van der Waals surface area contributed by atoms with Crippen LogP contribution in [0.2, 0.25) is 0 Å². The van der Waals surface area contributed by atoms with E-state index in [4.69, 9.17) is 0 Å². The second-order valence-electron chi connectivity index (χ2n) is 4.06. The fourth-order valence-electron chi connectivity index (χ4n) is 1.58. The van der Waals surface area contributed by atoms with E-state index in [9.17, 15) is 17.8 Å². The van der Waals surface area contributed by atoms with E-state index in [1.807, 2.05) is 4.72 Å². The van der Waals surface area contributed by atoms with E-state index in [0.29, 0.717) is 11.7 Å². The van der Waals surface area contributed by atoms with Gasteiger partial charge in [-0.2, -0.15) is 0 Å². The number of nitrogens with one attached hydrogen (secondary N) is 1. The Morgan fingerprint density at radius 2 is 2.24 bits per heavy atom. The van der Waals surface area contributed by atoms with Gasteiger partial charge in [0.25, 0.3) is 0 Å². The van der Waals surface area contributed by atoms with Crippen LogP contribution in [0.3, 0.4) is 0 Å². The Balaban J connectivity index is 2.06. The zero-order valence-corrected chi connectivity index (χ0v) is 12.1. The number of amides is 1. The molecule has 1 aliphatic heterocycles. The highest BCUT2D eigenvalue weighted by molar-refractivity contribution is 8.72. The number of carbonyl (C=O) groups is 1. The molecule has 2 unspecified atom stereocenters. The lowest BCUT2D eigenvalue weighted by Crippen LogP contribution is -2.28. The number of unbranched alkanes of at least 4 members (excludes halogenated alkanes) is 1. The molecule has 1 fully saturated rings. The number of hydrogen-bond donors (Lipinski definition) is 1. The van der Waals surface area contributed by atoms with E-state index in [-0.39, 0.29) is 6.42 Å². The van der Waals surface area contributed by atoms with Crippen molar-refractivity contribution in [2.24, 2.45) is 0 Å². The van der Waals surface area contributed by atoms with Crippen molar-refractivity contribution in [1.82, 2.24) is 4.72 Å². The van der Waals surface area contributed by atoms with E-state index in [1.54, 1.807) is 0 Å². The molecule has 2 atom stereocenters. The summed E-state index contributed by atoms with van der Waals surface area (Å²) in [6.45, 7) is 0. The minimum absolute atomic E-state index is 0.230. The Hall–Kier alpha value is 0.0800. The zero-order chi connectivity index (χ0) is 12.9. The second-order valence-corrected chi connectivity index (χ2v) is 9.37. The van der Waals surface area contributed by atoms with Gasteiger partial charge in [-0.25, -0.2) is 8.42 Å². The van der Waals surface area contributed by atoms with Crippen LogP contribution in [-0.4, -0.2) is 36.1 Å². The van der Waals surface area contributed by atoms with E-state index in [1.165, 1.54) is 10.8 Å². The molecule has 0 aromatic rings. The van der Waals surface area contributed by atoms with Gasteiger partial charge < -0.3 is 4.55 Å². The molecule has 0 aliphatic carbocycles. The molecule has 0 spiro atoms. The SMILES string of the molecule is CS(=O)(=O)NC(=O)CCCCC1CC[S+]([O-])S1. The first-order valence-electron chi connectivity index (χ1n) is 5.43. The third-order valence-corrected chi connectivity index (χ3v) is 6.42. The standard InChI is InChI=1S/C9H17NO4S3/c1-17(13,14)10-9(11)5-3-2-4-8-6-7-16(12)15-8/h8H,2-7H2,1H3,(H,10,11). The van der Waals surface area contributed by atoms with Crippen molar-refractivity contribution in [1.29, 1.82) is 0 Å². The summed E-state index contributed by atoms with van der Waals surface area (Å²) in [6.07, 6.45) is 4.66. The molecule has 0 saturated carbocycles. The topological polar surface area (TPSA) is 86.3 Å². The molecule has 5 nitrogen and oxygen atoms in total. The minimum atomic E-state index is -3.43. The monoisotopic (exact) mass is 299 g/mol. The van der Waals surface area contributed by atoms with Gasteiger partial charge in [-0.3, -0.25) is 9.52 Å². The number of carbonyl (C=O) groups excluding carboxylic acids is 1. The van der Waals surface area contributed by atoms with Crippen LogP contribution in [-0.2, 0) is 25.0 Å². The molecule has 17 heavy (non-hydrogen) atoms. The quantitative estimate of drug-likeness (QED) is 0.445. The smallest absolute Gasteiger partial charge is 0.233 e. The maximum Gasteiger partial charge on any atom is 0.233 e. The Labute approximate surface area is 109 Å². The molecule has 0 aromatic carbocycles. The van der Waals surface area contributed by atoms with Crippen molar-refractivity contribution in [2.75, 3.05) is 12.0 Å². The number of hydrogen-bond acceptors (Lipinski definition) is 5. The summed E-state index contributed by atoms with van der Waals surface area (Å²) < 4.78 is 34.5. The van der Waals surface area contributed by atoms with Gasteiger partial charge in [-0.15, -0.1) is 0 Å². The van der Waals surface area contributed by atoms with Gasteiger partial charge in [0.05, 0.1) is 22.3 Å². The van der Waals surface area contributed by atoms with Crippen LogP contribution < -0.4 is 4.72 Å². The van der Waals surface area contributed by atoms with Gasteiger partial charge in [0.15, 0.2) is 0 Å². The Bertz CT molecular complexity index is 357. The normalized spacial score (nSPS) is 24.8. The molecule has 1 heterocycles. The minimum Gasteiger partial charge on any atom is -0.605 e. The van der Waals surface area contributed by atoms with Crippen LogP contribution in [0.4, 0.5) is 0 Å². The molecule has 1 aliphatic rings. The molecule has 0 bridgehead atoms. The highest BCUT2D eigenvalue weighted by atomic mass is 33.1. The summed E-state index contributed by atoms with van der Waals surface area (Å²) in [5, 5.41) is 0.439. The average Bonchev–Trinajstić information content (AvgIpc) is 2.56. The van der Waals surface area contributed by atoms with Gasteiger partial charge in [0, 0.05) is 23.0 Å². The van der Waals surface area contributed by atoms with Gasteiger partial charge in [-0.1, -0.05) is 6.42 Å². The third kappa shape index (κ3) is 7.17. The molecule has 0 radical (unpaired) electrons. The van der Waals surface area contributed by atoms with Crippen LogP contribution >= 0.6 is 10.8 Å². The fourth-order valence-corrected chi connectivity index (χ4v) is 5.67. The van der Waals surface area contributed by atoms with E-state index in [2.05, 4.69) is 0 Å². The maximum absolute atomic E-state index is 11.2. The van der Waals surface area contributed by atoms with Crippen molar-refractivity contribution >= 4 is 36.9 Å². The summed E-state index contributed by atoms with van der Waals surface area (Å²) in [5.41, 5.74) is 0. The summed E-state index contributed by atoms with van der Waals surface area (Å²) >= 11 is 0. The van der Waals surface area contributed by atoms with E-state index >= 15 is 0 Å². The highest BCUT2D eigenvalue weighted by Crippen LogP contribution is 2.34. The molecular weight excluding hydrogens is 282 g/mol. The zero-order valence-electron chi connectivity index (χ0n) is 9.68. The van der Waals surface area contributed by atoms with Crippen LogP contribution in [0.1, 0.15) is 32.1 Å². The van der Waals surface area contributed by atoms with Crippen LogP contribution in [0.25, 0.3) is 0 Å². The molecule has 0 aromatic heterocycles. The second kappa shape index (κ2) is 6.86. The Morgan fingerprint density at radius 1 is 1.53 bits per heavy atom. The molecule has 8 heteroatoms. The first kappa shape index (κ1) is 15.1. The Morgan fingerprint density at radius 3 is 2.76 bits per heavy atom. The lowest BCUT2D eigenvalue weighted by Gasteiger charge is -2.05. The number of sulfonamides is 1. The molecular formula is C9H17NO4S3. The molecule has 1 rings (SSSR count). The summed E-state index contributed by atoms with van der Waals surface area (Å²) in [5.74, 6) is 0.319. The van der Waals surface area contributed by atoms with Crippen molar-refractivity contribution in [3.8, 4) is 0 Å².